The fraction of sp³-hybridized carbons (Fsp3) is 0.579. The molecule has 0 amide bonds. The van der Waals surface area contributed by atoms with Gasteiger partial charge < -0.3 is 9.30 Å². The first-order valence-electron chi connectivity index (χ1n) is 8.98. The second kappa shape index (κ2) is 8.94. The van der Waals surface area contributed by atoms with Gasteiger partial charge in [0.1, 0.15) is 0 Å². The van der Waals surface area contributed by atoms with Crippen molar-refractivity contribution in [2.24, 2.45) is 0 Å². The van der Waals surface area contributed by atoms with E-state index in [9.17, 15) is 0 Å². The van der Waals surface area contributed by atoms with Crippen LogP contribution in [0.5, 0.6) is 0 Å². The highest BCUT2D eigenvalue weighted by molar-refractivity contribution is 5.04. The van der Waals surface area contributed by atoms with Crippen molar-refractivity contribution in [3.05, 3.63) is 48.3 Å². The topological polar surface area (TPSA) is 43.2 Å². The molecule has 1 aliphatic rings. The maximum atomic E-state index is 5.20. The SMILES string of the molecule is COCCn1cncc1CN1CCCC[C@H]1CCc1ccccn1. The predicted octanol–water partition coefficient (Wildman–Crippen LogP) is 2.91. The van der Waals surface area contributed by atoms with Crippen LogP contribution in [0.2, 0.25) is 0 Å². The lowest BCUT2D eigenvalue weighted by atomic mass is 9.97. The van der Waals surface area contributed by atoms with Gasteiger partial charge in [0.05, 0.1) is 18.6 Å². The molecule has 1 aliphatic heterocycles. The molecular weight excluding hydrogens is 300 g/mol. The molecule has 0 N–H and O–H groups in total. The van der Waals surface area contributed by atoms with Crippen LogP contribution in [0.4, 0.5) is 0 Å². The molecule has 24 heavy (non-hydrogen) atoms. The van der Waals surface area contributed by atoms with Gasteiger partial charge in [0.2, 0.25) is 0 Å². The summed E-state index contributed by atoms with van der Waals surface area (Å²) in [6.07, 6.45) is 12.0. The normalized spacial score (nSPS) is 18.8. The largest absolute Gasteiger partial charge is 0.383 e. The number of hydrogen-bond acceptors (Lipinski definition) is 4. The molecular formula is C19H28N4O. The number of piperidine rings is 1. The molecule has 5 nitrogen and oxygen atoms in total. The van der Waals surface area contributed by atoms with Crippen LogP contribution in [-0.2, 0) is 24.2 Å². The lowest BCUT2D eigenvalue weighted by Gasteiger charge is -2.36. The Hall–Kier alpha value is -1.72. The molecule has 1 saturated heterocycles. The zero-order valence-corrected chi connectivity index (χ0v) is 14.6. The van der Waals surface area contributed by atoms with Gasteiger partial charge in [0.25, 0.3) is 0 Å². The summed E-state index contributed by atoms with van der Waals surface area (Å²) >= 11 is 0. The summed E-state index contributed by atoms with van der Waals surface area (Å²) in [5.74, 6) is 0. The molecule has 0 aliphatic carbocycles. The summed E-state index contributed by atoms with van der Waals surface area (Å²) in [5.41, 5.74) is 2.49. The standard InChI is InChI=1S/C19H28N4O/c1-24-13-12-23-16-20-14-19(23)15-22-11-5-3-7-18(22)9-8-17-6-2-4-10-21-17/h2,4,6,10,14,16,18H,3,5,7-9,11-13,15H2,1H3/t18-/m0/s1. The molecule has 0 unspecified atom stereocenters. The van der Waals surface area contributed by atoms with Crippen LogP contribution in [0.1, 0.15) is 37.1 Å². The van der Waals surface area contributed by atoms with Crippen LogP contribution in [0.3, 0.4) is 0 Å². The van der Waals surface area contributed by atoms with Crippen molar-refractivity contribution in [1.29, 1.82) is 0 Å². The third-order valence-corrected chi connectivity index (χ3v) is 4.91. The van der Waals surface area contributed by atoms with Crippen LogP contribution in [-0.4, -0.2) is 45.7 Å². The number of aryl methyl sites for hydroxylation is 1. The number of pyridine rings is 1. The molecule has 0 bridgehead atoms. The summed E-state index contributed by atoms with van der Waals surface area (Å²) in [4.78, 5) is 11.4. The zero-order chi connectivity index (χ0) is 16.6. The van der Waals surface area contributed by atoms with Crippen molar-refractivity contribution in [2.45, 2.75) is 51.2 Å². The minimum atomic E-state index is 0.645. The Morgan fingerprint density at radius 2 is 2.25 bits per heavy atom. The third-order valence-electron chi connectivity index (χ3n) is 4.91. The van der Waals surface area contributed by atoms with Crippen molar-refractivity contribution < 1.29 is 4.74 Å². The number of hydrogen-bond donors (Lipinski definition) is 0. The fourth-order valence-corrected chi connectivity index (χ4v) is 3.53. The minimum Gasteiger partial charge on any atom is -0.383 e. The van der Waals surface area contributed by atoms with E-state index >= 15 is 0 Å². The summed E-state index contributed by atoms with van der Waals surface area (Å²) in [6, 6.07) is 6.84. The molecule has 3 heterocycles. The maximum absolute atomic E-state index is 5.20. The quantitative estimate of drug-likeness (QED) is 0.747. The van der Waals surface area contributed by atoms with Crippen LogP contribution < -0.4 is 0 Å². The summed E-state index contributed by atoms with van der Waals surface area (Å²) in [5, 5.41) is 0. The van der Waals surface area contributed by atoms with Gasteiger partial charge in [-0.1, -0.05) is 12.5 Å². The smallest absolute Gasteiger partial charge is 0.0949 e. The van der Waals surface area contributed by atoms with Crippen LogP contribution in [0.25, 0.3) is 0 Å². The van der Waals surface area contributed by atoms with E-state index in [0.29, 0.717) is 6.04 Å². The molecule has 2 aromatic heterocycles. The number of methoxy groups -OCH3 is 1. The third kappa shape index (κ3) is 4.65. The van der Waals surface area contributed by atoms with E-state index < -0.39 is 0 Å². The first kappa shape index (κ1) is 17.1. The van der Waals surface area contributed by atoms with Gasteiger partial charge in [-0.25, -0.2) is 4.98 Å². The number of nitrogens with zero attached hydrogens (tertiary/aromatic N) is 4. The van der Waals surface area contributed by atoms with Crippen molar-refractivity contribution in [2.75, 3.05) is 20.3 Å². The molecule has 1 atom stereocenters. The van der Waals surface area contributed by atoms with E-state index in [-0.39, 0.29) is 0 Å². The van der Waals surface area contributed by atoms with Gasteiger partial charge in [-0.15, -0.1) is 0 Å². The Morgan fingerprint density at radius 3 is 3.08 bits per heavy atom. The zero-order valence-electron chi connectivity index (χ0n) is 14.6. The number of imidazole rings is 1. The highest BCUT2D eigenvalue weighted by Gasteiger charge is 2.23. The van der Waals surface area contributed by atoms with Crippen molar-refractivity contribution in [1.82, 2.24) is 19.4 Å². The van der Waals surface area contributed by atoms with Gasteiger partial charge in [0, 0.05) is 44.3 Å². The van der Waals surface area contributed by atoms with E-state index in [1.165, 1.54) is 43.6 Å². The Kier molecular flexibility index (Phi) is 6.38. The second-order valence-corrected chi connectivity index (χ2v) is 6.55. The summed E-state index contributed by atoms with van der Waals surface area (Å²) < 4.78 is 7.42. The highest BCUT2D eigenvalue weighted by Crippen LogP contribution is 2.23. The fourth-order valence-electron chi connectivity index (χ4n) is 3.53. The Morgan fingerprint density at radius 1 is 1.29 bits per heavy atom. The molecule has 0 aromatic carbocycles. The van der Waals surface area contributed by atoms with Crippen LogP contribution in [0.15, 0.2) is 36.9 Å². The van der Waals surface area contributed by atoms with E-state index in [4.69, 9.17) is 4.74 Å². The van der Waals surface area contributed by atoms with E-state index in [1.54, 1.807) is 7.11 Å². The van der Waals surface area contributed by atoms with Crippen LogP contribution >= 0.6 is 0 Å². The highest BCUT2D eigenvalue weighted by atomic mass is 16.5. The monoisotopic (exact) mass is 328 g/mol. The lowest BCUT2D eigenvalue weighted by Crippen LogP contribution is -2.39. The second-order valence-electron chi connectivity index (χ2n) is 6.55. The molecule has 0 radical (unpaired) electrons. The van der Waals surface area contributed by atoms with Gasteiger partial charge in [-0.3, -0.25) is 9.88 Å². The van der Waals surface area contributed by atoms with Crippen LogP contribution in [0, 0.1) is 0 Å². The van der Waals surface area contributed by atoms with E-state index in [0.717, 1.165) is 26.1 Å². The van der Waals surface area contributed by atoms with Gasteiger partial charge in [-0.2, -0.15) is 0 Å². The van der Waals surface area contributed by atoms with Gasteiger partial charge in [-0.05, 0) is 44.4 Å². The Labute approximate surface area is 144 Å². The number of rotatable bonds is 8. The minimum absolute atomic E-state index is 0.645. The molecule has 2 aromatic rings. The number of likely N-dealkylation sites (tertiary alicyclic amines) is 1. The summed E-state index contributed by atoms with van der Waals surface area (Å²) in [7, 11) is 1.74. The molecule has 0 spiro atoms. The molecule has 3 rings (SSSR count). The first-order valence-corrected chi connectivity index (χ1v) is 8.98. The average Bonchev–Trinajstić information content (AvgIpc) is 3.07. The van der Waals surface area contributed by atoms with Crippen molar-refractivity contribution in [3.63, 3.8) is 0 Å². The Bertz CT molecular complexity index is 598. The summed E-state index contributed by atoms with van der Waals surface area (Å²) in [6.45, 7) is 3.77. The van der Waals surface area contributed by atoms with Crippen molar-refractivity contribution in [3.8, 4) is 0 Å². The number of ether oxygens (including phenoxy) is 1. The molecule has 0 saturated carbocycles. The molecule has 1 fully saturated rings. The molecule has 130 valence electrons. The van der Waals surface area contributed by atoms with E-state index in [1.807, 2.05) is 24.8 Å². The maximum Gasteiger partial charge on any atom is 0.0949 e. The predicted molar refractivity (Wildman–Crippen MR) is 94.7 cm³/mol. The number of aromatic nitrogens is 3. The first-order chi connectivity index (χ1) is 11.9. The average molecular weight is 328 g/mol. The van der Waals surface area contributed by atoms with Gasteiger partial charge in [0.15, 0.2) is 0 Å². The Balaban J connectivity index is 1.59. The van der Waals surface area contributed by atoms with Crippen molar-refractivity contribution >= 4 is 0 Å². The van der Waals surface area contributed by atoms with Gasteiger partial charge >= 0.3 is 0 Å². The van der Waals surface area contributed by atoms with E-state index in [2.05, 4.69) is 31.6 Å². The molecule has 5 heteroatoms. The lowest BCUT2D eigenvalue weighted by molar-refractivity contribution is 0.127.